The maximum absolute atomic E-state index is 12.7. The molecule has 0 aliphatic carbocycles. The number of hydrogen-bond donors (Lipinski definition) is 2. The Balaban J connectivity index is 1.49. The van der Waals surface area contributed by atoms with E-state index in [4.69, 9.17) is 9.47 Å². The first-order valence-corrected chi connectivity index (χ1v) is 8.70. The van der Waals surface area contributed by atoms with Gasteiger partial charge in [0, 0.05) is 31.4 Å². The number of carbonyl (C=O) groups is 1. The fraction of sp³-hybridized carbons (Fsp3) is 0.625. The Morgan fingerprint density at radius 3 is 3.15 bits per heavy atom. The van der Waals surface area contributed by atoms with Crippen molar-refractivity contribution in [1.29, 1.82) is 0 Å². The van der Waals surface area contributed by atoms with Gasteiger partial charge in [0.2, 0.25) is 5.91 Å². The van der Waals surface area contributed by atoms with Crippen molar-refractivity contribution in [3.8, 4) is 0 Å². The Labute approximate surface area is 149 Å². The van der Waals surface area contributed by atoms with Gasteiger partial charge in [-0.05, 0) is 6.92 Å². The monoisotopic (exact) mass is 362 g/mol. The highest BCUT2D eigenvalue weighted by molar-refractivity contribution is 5.78. The van der Waals surface area contributed by atoms with Crippen LogP contribution in [0.2, 0.25) is 0 Å². The zero-order valence-corrected chi connectivity index (χ0v) is 14.7. The number of nitrogens with zero attached hydrogens (tertiary/aromatic N) is 4. The van der Waals surface area contributed by atoms with Crippen LogP contribution >= 0.6 is 0 Å². The largest absolute Gasteiger partial charge is 0.377 e. The lowest BCUT2D eigenvalue weighted by atomic mass is 10.0. The number of nitrogens with one attached hydrogen (secondary N) is 2. The molecule has 4 rings (SSSR count). The minimum atomic E-state index is -0.506. The molecule has 2 fully saturated rings. The summed E-state index contributed by atoms with van der Waals surface area (Å²) in [6.07, 6.45) is 0.0756. The molecule has 1 atom stereocenters. The van der Waals surface area contributed by atoms with E-state index in [2.05, 4.69) is 20.4 Å². The fourth-order valence-corrected chi connectivity index (χ4v) is 3.39. The van der Waals surface area contributed by atoms with E-state index in [9.17, 15) is 9.59 Å². The van der Waals surface area contributed by atoms with Gasteiger partial charge in [0.05, 0.1) is 32.8 Å². The molecule has 26 heavy (non-hydrogen) atoms. The Morgan fingerprint density at radius 1 is 1.38 bits per heavy atom. The molecule has 2 aromatic rings. The molecule has 140 valence electrons. The molecule has 4 heterocycles. The molecule has 10 nitrogen and oxygen atoms in total. The van der Waals surface area contributed by atoms with Crippen molar-refractivity contribution >= 4 is 11.7 Å². The number of carbonyl (C=O) groups excluding carboxylic acids is 1. The number of hydrogen-bond acceptors (Lipinski definition) is 7. The highest BCUT2D eigenvalue weighted by Gasteiger charge is 2.39. The van der Waals surface area contributed by atoms with Crippen molar-refractivity contribution in [2.24, 2.45) is 0 Å². The van der Waals surface area contributed by atoms with Gasteiger partial charge in [-0.3, -0.25) is 14.7 Å². The minimum absolute atomic E-state index is 0.0688. The Kier molecular flexibility index (Phi) is 4.47. The number of fused-ring (bicyclic) bond motifs is 1. The standard InChI is InChI=1S/C16H22N6O4/c1-11-6-14(24)22-15(18-11)19-12(20-22)7-13(23)21-3-5-26-16(9-21)8-17-2-4-25-10-16/h6,17H,2-5,7-10H2,1H3,(H,18,19,20)/t16-/m0/s1. The Morgan fingerprint density at radius 2 is 2.27 bits per heavy atom. The molecule has 2 aliphatic rings. The van der Waals surface area contributed by atoms with Gasteiger partial charge in [0.15, 0.2) is 0 Å². The maximum atomic E-state index is 12.7. The molecule has 2 aromatic heterocycles. The molecule has 2 aliphatic heterocycles. The lowest BCUT2D eigenvalue weighted by Crippen LogP contribution is -2.59. The van der Waals surface area contributed by atoms with E-state index in [1.54, 1.807) is 11.8 Å². The maximum Gasteiger partial charge on any atom is 0.274 e. The van der Waals surface area contributed by atoms with Crippen molar-refractivity contribution < 1.29 is 14.3 Å². The smallest absolute Gasteiger partial charge is 0.274 e. The number of H-pyrrole nitrogens is 1. The van der Waals surface area contributed by atoms with E-state index < -0.39 is 5.60 Å². The summed E-state index contributed by atoms with van der Waals surface area (Å²) < 4.78 is 12.8. The summed E-state index contributed by atoms with van der Waals surface area (Å²) >= 11 is 0. The van der Waals surface area contributed by atoms with Gasteiger partial charge in [-0.1, -0.05) is 0 Å². The minimum Gasteiger partial charge on any atom is -0.377 e. The first kappa shape index (κ1) is 17.1. The van der Waals surface area contributed by atoms with E-state index in [0.29, 0.717) is 51.0 Å². The first-order chi connectivity index (χ1) is 12.5. The van der Waals surface area contributed by atoms with Gasteiger partial charge >= 0.3 is 0 Å². The zero-order valence-electron chi connectivity index (χ0n) is 14.7. The molecular weight excluding hydrogens is 340 g/mol. The van der Waals surface area contributed by atoms with Crippen LogP contribution < -0.4 is 10.9 Å². The van der Waals surface area contributed by atoms with Crippen LogP contribution in [0.4, 0.5) is 0 Å². The van der Waals surface area contributed by atoms with Crippen molar-refractivity contribution in [3.63, 3.8) is 0 Å². The molecule has 10 heteroatoms. The van der Waals surface area contributed by atoms with Crippen molar-refractivity contribution in [2.75, 3.05) is 46.0 Å². The third-order valence-corrected chi connectivity index (χ3v) is 4.66. The molecule has 0 saturated carbocycles. The predicted molar refractivity (Wildman–Crippen MR) is 91.0 cm³/mol. The summed E-state index contributed by atoms with van der Waals surface area (Å²) in [7, 11) is 0. The van der Waals surface area contributed by atoms with Crippen LogP contribution in [0.1, 0.15) is 11.5 Å². The zero-order chi connectivity index (χ0) is 18.1. The summed E-state index contributed by atoms with van der Waals surface area (Å²) in [6, 6.07) is 1.42. The van der Waals surface area contributed by atoms with Crippen LogP contribution in [-0.4, -0.2) is 82.0 Å². The van der Waals surface area contributed by atoms with Crippen molar-refractivity contribution in [3.05, 3.63) is 27.9 Å². The van der Waals surface area contributed by atoms with E-state index in [1.807, 2.05) is 0 Å². The SMILES string of the molecule is Cc1cc(=O)n2[nH]c(CC(=O)N3CCO[C@@]4(CNCCOC4)C3)nc2n1. The molecule has 0 bridgehead atoms. The van der Waals surface area contributed by atoms with Crippen LogP contribution in [0.5, 0.6) is 0 Å². The second-order valence-corrected chi connectivity index (χ2v) is 6.79. The topological polar surface area (TPSA) is 114 Å². The van der Waals surface area contributed by atoms with Gasteiger partial charge in [0.1, 0.15) is 11.4 Å². The molecule has 0 radical (unpaired) electrons. The van der Waals surface area contributed by atoms with Crippen molar-refractivity contribution in [1.82, 2.24) is 29.8 Å². The number of ether oxygens (including phenoxy) is 2. The van der Waals surface area contributed by atoms with Crippen LogP contribution in [0, 0.1) is 6.92 Å². The summed E-state index contributed by atoms with van der Waals surface area (Å²) in [6.45, 7) is 5.73. The van der Waals surface area contributed by atoms with Crippen molar-refractivity contribution in [2.45, 2.75) is 18.9 Å². The number of aryl methyl sites for hydroxylation is 1. The summed E-state index contributed by atoms with van der Waals surface area (Å²) in [5.74, 6) is 0.624. The number of amides is 1. The Hall–Kier alpha value is -2.30. The number of aromatic amines is 1. The predicted octanol–water partition coefficient (Wildman–Crippen LogP) is -1.51. The molecule has 2 N–H and O–H groups in total. The Bertz CT molecular complexity index is 867. The highest BCUT2D eigenvalue weighted by atomic mass is 16.5. The van der Waals surface area contributed by atoms with E-state index in [0.717, 1.165) is 6.54 Å². The number of rotatable bonds is 2. The molecule has 0 unspecified atom stereocenters. The van der Waals surface area contributed by atoms with Gasteiger partial charge in [-0.15, -0.1) is 0 Å². The van der Waals surface area contributed by atoms with Crippen LogP contribution in [0.15, 0.2) is 10.9 Å². The average Bonchev–Trinajstić information content (AvgIpc) is 2.87. The lowest BCUT2D eigenvalue weighted by Gasteiger charge is -2.41. The van der Waals surface area contributed by atoms with Crippen LogP contribution in [-0.2, 0) is 20.7 Å². The van der Waals surface area contributed by atoms with Gasteiger partial charge in [-0.25, -0.2) is 4.98 Å². The average molecular weight is 362 g/mol. The third-order valence-electron chi connectivity index (χ3n) is 4.66. The van der Waals surface area contributed by atoms with Gasteiger partial charge in [0.25, 0.3) is 11.3 Å². The summed E-state index contributed by atoms with van der Waals surface area (Å²) in [5.41, 5.74) is -0.158. The second-order valence-electron chi connectivity index (χ2n) is 6.79. The quantitative estimate of drug-likeness (QED) is 0.667. The van der Waals surface area contributed by atoms with E-state index in [-0.39, 0.29) is 23.7 Å². The van der Waals surface area contributed by atoms with Crippen LogP contribution in [0.25, 0.3) is 5.78 Å². The number of morpholine rings is 1. The van der Waals surface area contributed by atoms with E-state index >= 15 is 0 Å². The second kappa shape index (κ2) is 6.78. The molecule has 2 saturated heterocycles. The summed E-state index contributed by atoms with van der Waals surface area (Å²) in [4.78, 5) is 35.0. The fourth-order valence-electron chi connectivity index (χ4n) is 3.39. The van der Waals surface area contributed by atoms with Gasteiger partial charge in [-0.2, -0.15) is 9.50 Å². The normalized spacial score (nSPS) is 24.1. The third kappa shape index (κ3) is 3.35. The van der Waals surface area contributed by atoms with E-state index in [1.165, 1.54) is 10.6 Å². The summed E-state index contributed by atoms with van der Waals surface area (Å²) in [5, 5.41) is 6.15. The highest BCUT2D eigenvalue weighted by Crippen LogP contribution is 2.20. The number of aromatic nitrogens is 4. The molecule has 1 amide bonds. The van der Waals surface area contributed by atoms with Gasteiger partial charge < -0.3 is 19.7 Å². The molecule has 0 aromatic carbocycles. The lowest BCUT2D eigenvalue weighted by molar-refractivity contribution is -0.157. The molecule has 1 spiro atoms. The molecular formula is C16H22N6O4. The first-order valence-electron chi connectivity index (χ1n) is 8.70. The van der Waals surface area contributed by atoms with Crippen LogP contribution in [0.3, 0.4) is 0 Å².